The van der Waals surface area contributed by atoms with Crippen LogP contribution in [-0.4, -0.2) is 22.8 Å². The average molecular weight is 224 g/mol. The molecule has 4 unspecified atom stereocenters. The summed E-state index contributed by atoms with van der Waals surface area (Å²) < 4.78 is 0. The normalized spacial score (nSPS) is 54.2. The highest BCUT2D eigenvalue weighted by molar-refractivity contribution is 5.75. The Labute approximate surface area is 95.9 Å². The van der Waals surface area contributed by atoms with Crippen LogP contribution in [0.4, 0.5) is 0 Å². The predicted octanol–water partition coefficient (Wildman–Crippen LogP) is 2.04. The molecule has 0 aromatic rings. The minimum atomic E-state index is -0.624. The van der Waals surface area contributed by atoms with Crippen molar-refractivity contribution in [3.05, 3.63) is 0 Å². The van der Waals surface area contributed by atoms with Gasteiger partial charge in [-0.15, -0.1) is 0 Å². The number of aliphatic carboxylic acids is 1. The number of aliphatic hydroxyl groups excluding tert-OH is 1. The zero-order valence-electron chi connectivity index (χ0n) is 9.83. The highest BCUT2D eigenvalue weighted by Crippen LogP contribution is 2.69. The number of hydrogen-bond acceptors (Lipinski definition) is 2. The number of hydrogen-bond donors (Lipinski definition) is 2. The van der Waals surface area contributed by atoms with Gasteiger partial charge in [-0.2, -0.15) is 0 Å². The summed E-state index contributed by atoms with van der Waals surface area (Å²) in [5.74, 6) is -0.0925. The van der Waals surface area contributed by atoms with Crippen molar-refractivity contribution in [1.29, 1.82) is 0 Å². The third-order valence-corrected chi connectivity index (χ3v) is 5.25. The van der Waals surface area contributed by atoms with Gasteiger partial charge in [-0.25, -0.2) is 0 Å². The van der Waals surface area contributed by atoms with Crippen molar-refractivity contribution < 1.29 is 15.0 Å². The summed E-state index contributed by atoms with van der Waals surface area (Å²) >= 11 is 0. The minimum Gasteiger partial charge on any atom is -0.481 e. The Morgan fingerprint density at radius 2 is 2.00 bits per heavy atom. The lowest BCUT2D eigenvalue weighted by molar-refractivity contribution is -0.194. The van der Waals surface area contributed by atoms with Crippen LogP contribution < -0.4 is 0 Å². The molecule has 0 amide bonds. The Morgan fingerprint density at radius 1 is 1.25 bits per heavy atom. The van der Waals surface area contributed by atoms with Gasteiger partial charge >= 0.3 is 5.97 Å². The summed E-state index contributed by atoms with van der Waals surface area (Å²) in [5, 5.41) is 19.2. The smallest absolute Gasteiger partial charge is 0.309 e. The monoisotopic (exact) mass is 224 g/mol. The molecule has 16 heavy (non-hydrogen) atoms. The number of rotatable bonds is 2. The molecule has 90 valence electrons. The molecule has 4 atom stereocenters. The van der Waals surface area contributed by atoms with Crippen LogP contribution >= 0.6 is 0 Å². The SMILES string of the molecule is CC12CC3CC(CO)(C1)CC(C(=O)O)(C3)C2. The third-order valence-electron chi connectivity index (χ3n) is 5.25. The molecule has 0 saturated heterocycles. The Hall–Kier alpha value is -0.570. The summed E-state index contributed by atoms with van der Waals surface area (Å²) in [6.07, 6.45) is 5.63. The number of aliphatic hydroxyl groups is 1. The van der Waals surface area contributed by atoms with Gasteiger partial charge in [0.1, 0.15) is 0 Å². The van der Waals surface area contributed by atoms with Gasteiger partial charge in [-0.1, -0.05) is 6.92 Å². The minimum absolute atomic E-state index is 0.0768. The van der Waals surface area contributed by atoms with Crippen LogP contribution in [-0.2, 0) is 4.79 Å². The molecule has 3 nitrogen and oxygen atoms in total. The summed E-state index contributed by atoms with van der Waals surface area (Å²) in [6.45, 7) is 2.40. The van der Waals surface area contributed by atoms with Crippen molar-refractivity contribution in [1.82, 2.24) is 0 Å². The summed E-state index contributed by atoms with van der Waals surface area (Å²) in [6, 6.07) is 0. The maximum atomic E-state index is 11.6. The molecule has 4 bridgehead atoms. The van der Waals surface area contributed by atoms with Gasteiger partial charge < -0.3 is 10.2 Å². The molecule has 0 aromatic heterocycles. The van der Waals surface area contributed by atoms with E-state index < -0.39 is 11.4 Å². The van der Waals surface area contributed by atoms with Gasteiger partial charge in [0.2, 0.25) is 0 Å². The van der Waals surface area contributed by atoms with E-state index in [1.807, 2.05) is 0 Å². The molecule has 4 fully saturated rings. The van der Waals surface area contributed by atoms with Crippen molar-refractivity contribution in [3.63, 3.8) is 0 Å². The summed E-state index contributed by atoms with van der Waals surface area (Å²) in [7, 11) is 0. The Balaban J connectivity index is 2.04. The van der Waals surface area contributed by atoms with E-state index in [1.165, 1.54) is 6.42 Å². The van der Waals surface area contributed by atoms with Crippen LogP contribution in [0.2, 0.25) is 0 Å². The quantitative estimate of drug-likeness (QED) is 0.754. The Kier molecular flexibility index (Phi) is 1.86. The third kappa shape index (κ3) is 1.21. The van der Waals surface area contributed by atoms with Crippen molar-refractivity contribution >= 4 is 5.97 Å². The molecule has 0 spiro atoms. The van der Waals surface area contributed by atoms with Crippen LogP contribution in [0.5, 0.6) is 0 Å². The van der Waals surface area contributed by atoms with E-state index in [1.54, 1.807) is 0 Å². The van der Waals surface area contributed by atoms with Gasteiger partial charge in [-0.3, -0.25) is 4.79 Å². The zero-order valence-corrected chi connectivity index (χ0v) is 9.83. The Bertz CT molecular complexity index is 353. The van der Waals surface area contributed by atoms with Gasteiger partial charge in [0.25, 0.3) is 0 Å². The first kappa shape index (κ1) is 10.6. The lowest BCUT2D eigenvalue weighted by Gasteiger charge is -2.64. The van der Waals surface area contributed by atoms with E-state index in [2.05, 4.69) is 6.92 Å². The van der Waals surface area contributed by atoms with Crippen LogP contribution in [0.15, 0.2) is 0 Å². The summed E-state index contributed by atoms with van der Waals surface area (Å²) in [4.78, 5) is 11.6. The highest BCUT2D eigenvalue weighted by Gasteiger charge is 2.64. The van der Waals surface area contributed by atoms with Crippen LogP contribution in [0.3, 0.4) is 0 Å². The molecule has 0 heterocycles. The summed E-state index contributed by atoms with van der Waals surface area (Å²) in [5.41, 5.74) is -0.427. The lowest BCUT2D eigenvalue weighted by atomic mass is 9.40. The molecular weight excluding hydrogens is 204 g/mol. The molecule has 2 N–H and O–H groups in total. The van der Waals surface area contributed by atoms with Crippen LogP contribution in [0, 0.1) is 22.2 Å². The second-order valence-corrected chi connectivity index (χ2v) is 7.06. The standard InChI is InChI=1S/C13H20O3/c1-11-2-9-3-12(5-11,8-14)7-13(4-9,6-11)10(15)16/h9,14H,2-8H2,1H3,(H,15,16). The van der Waals surface area contributed by atoms with E-state index in [0.29, 0.717) is 12.3 Å². The molecule has 4 saturated carbocycles. The molecule has 4 aliphatic carbocycles. The number of carboxylic acid groups (broad SMARTS) is 1. The van der Waals surface area contributed by atoms with Crippen LogP contribution in [0.25, 0.3) is 0 Å². The van der Waals surface area contributed by atoms with E-state index in [4.69, 9.17) is 0 Å². The molecule has 4 aliphatic rings. The van der Waals surface area contributed by atoms with E-state index in [9.17, 15) is 15.0 Å². The first-order chi connectivity index (χ1) is 7.41. The molecule has 0 aromatic carbocycles. The van der Waals surface area contributed by atoms with Gasteiger partial charge in [0.05, 0.1) is 5.41 Å². The molecular formula is C13H20O3. The molecule has 0 aliphatic heterocycles. The maximum absolute atomic E-state index is 11.6. The maximum Gasteiger partial charge on any atom is 0.309 e. The predicted molar refractivity (Wildman–Crippen MR) is 58.9 cm³/mol. The van der Waals surface area contributed by atoms with Crippen molar-refractivity contribution in [2.24, 2.45) is 22.2 Å². The Morgan fingerprint density at radius 3 is 2.56 bits per heavy atom. The van der Waals surface area contributed by atoms with Crippen LogP contribution in [0.1, 0.15) is 45.4 Å². The second-order valence-electron chi connectivity index (χ2n) is 7.06. The first-order valence-corrected chi connectivity index (χ1v) is 6.25. The highest BCUT2D eigenvalue weighted by atomic mass is 16.4. The average Bonchev–Trinajstić information content (AvgIpc) is 2.13. The van der Waals surface area contributed by atoms with Crippen molar-refractivity contribution in [2.75, 3.05) is 6.61 Å². The fourth-order valence-electron chi connectivity index (χ4n) is 5.55. The molecule has 4 rings (SSSR count). The fourth-order valence-corrected chi connectivity index (χ4v) is 5.55. The van der Waals surface area contributed by atoms with E-state index >= 15 is 0 Å². The number of carbonyl (C=O) groups is 1. The van der Waals surface area contributed by atoms with Crippen molar-refractivity contribution in [3.8, 4) is 0 Å². The van der Waals surface area contributed by atoms with E-state index in [-0.39, 0.29) is 17.4 Å². The first-order valence-electron chi connectivity index (χ1n) is 6.25. The molecule has 0 radical (unpaired) electrons. The zero-order chi connectivity index (χ0) is 11.6. The van der Waals surface area contributed by atoms with E-state index in [0.717, 1.165) is 25.7 Å². The number of carboxylic acids is 1. The lowest BCUT2D eigenvalue weighted by Crippen LogP contribution is -2.59. The second kappa shape index (κ2) is 2.81. The van der Waals surface area contributed by atoms with Gasteiger partial charge in [-0.05, 0) is 55.3 Å². The van der Waals surface area contributed by atoms with Gasteiger partial charge in [0, 0.05) is 6.61 Å². The largest absolute Gasteiger partial charge is 0.481 e. The van der Waals surface area contributed by atoms with Gasteiger partial charge in [0.15, 0.2) is 0 Å². The molecule has 3 heteroatoms. The topological polar surface area (TPSA) is 57.5 Å². The van der Waals surface area contributed by atoms with Crippen molar-refractivity contribution in [2.45, 2.75) is 45.4 Å². The fraction of sp³-hybridized carbons (Fsp3) is 0.923.